The first-order valence-electron chi connectivity index (χ1n) is 5.64. The zero-order chi connectivity index (χ0) is 11.2. The Labute approximate surface area is 104 Å². The van der Waals surface area contributed by atoms with Crippen molar-refractivity contribution in [3.05, 3.63) is 5.51 Å². The smallest absolute Gasteiger partial charge is 0.174 e. The van der Waals surface area contributed by atoms with Crippen molar-refractivity contribution in [3.63, 3.8) is 0 Å². The van der Waals surface area contributed by atoms with Crippen LogP contribution in [0.3, 0.4) is 0 Å². The lowest BCUT2D eigenvalue weighted by Crippen LogP contribution is -2.45. The zero-order valence-electron chi connectivity index (χ0n) is 9.39. The standard InChI is InChI=1S/C10H17N3OS2/c1-2-4-11-8-3-5-14-6-9(8)16-10-13-12-7-15-10/h7-9,11H,2-6H2,1H3. The molecule has 2 atom stereocenters. The van der Waals surface area contributed by atoms with Gasteiger partial charge < -0.3 is 10.1 Å². The highest BCUT2D eigenvalue weighted by atomic mass is 32.2. The van der Waals surface area contributed by atoms with Crippen molar-refractivity contribution in [2.24, 2.45) is 0 Å². The summed E-state index contributed by atoms with van der Waals surface area (Å²) in [6.07, 6.45) is 2.27. The summed E-state index contributed by atoms with van der Waals surface area (Å²) in [5, 5.41) is 12.0. The minimum absolute atomic E-state index is 0.466. The Kier molecular flexibility index (Phi) is 5.02. The summed E-state index contributed by atoms with van der Waals surface area (Å²) in [4.78, 5) is 0. The number of hydrogen-bond donors (Lipinski definition) is 1. The Bertz CT molecular complexity index is 294. The van der Waals surface area contributed by atoms with E-state index in [2.05, 4.69) is 22.4 Å². The van der Waals surface area contributed by atoms with Crippen LogP contribution >= 0.6 is 23.1 Å². The summed E-state index contributed by atoms with van der Waals surface area (Å²) >= 11 is 3.39. The number of ether oxygens (including phenoxy) is 1. The van der Waals surface area contributed by atoms with Crippen molar-refractivity contribution in [2.75, 3.05) is 19.8 Å². The van der Waals surface area contributed by atoms with Gasteiger partial charge in [0.15, 0.2) is 4.34 Å². The van der Waals surface area contributed by atoms with Gasteiger partial charge in [-0.05, 0) is 19.4 Å². The van der Waals surface area contributed by atoms with E-state index in [4.69, 9.17) is 4.74 Å². The maximum Gasteiger partial charge on any atom is 0.174 e. The molecule has 1 saturated heterocycles. The molecule has 0 aliphatic carbocycles. The molecule has 1 aromatic rings. The van der Waals surface area contributed by atoms with Crippen molar-refractivity contribution in [2.45, 2.75) is 35.4 Å². The van der Waals surface area contributed by atoms with Crippen LogP contribution in [0.5, 0.6) is 0 Å². The number of thioether (sulfide) groups is 1. The van der Waals surface area contributed by atoms with Gasteiger partial charge in [0.05, 0.1) is 11.9 Å². The number of rotatable bonds is 5. The van der Waals surface area contributed by atoms with Crippen LogP contribution in [0.2, 0.25) is 0 Å². The molecule has 90 valence electrons. The first-order valence-corrected chi connectivity index (χ1v) is 7.40. The molecule has 0 bridgehead atoms. The Morgan fingerprint density at radius 2 is 2.62 bits per heavy atom. The topological polar surface area (TPSA) is 47.0 Å². The summed E-state index contributed by atoms with van der Waals surface area (Å²) in [6.45, 7) is 4.96. The highest BCUT2D eigenvalue weighted by molar-refractivity contribution is 8.01. The summed E-state index contributed by atoms with van der Waals surface area (Å²) in [6, 6.07) is 0.544. The molecular weight excluding hydrogens is 242 g/mol. The molecule has 1 aromatic heterocycles. The minimum atomic E-state index is 0.466. The van der Waals surface area contributed by atoms with Crippen LogP contribution in [0.25, 0.3) is 0 Å². The normalized spacial score (nSPS) is 25.8. The summed E-state index contributed by atoms with van der Waals surface area (Å²) in [5.41, 5.74) is 1.78. The summed E-state index contributed by atoms with van der Waals surface area (Å²) < 4.78 is 6.58. The van der Waals surface area contributed by atoms with Gasteiger partial charge in [-0.3, -0.25) is 0 Å². The van der Waals surface area contributed by atoms with Crippen LogP contribution in [-0.4, -0.2) is 41.2 Å². The molecule has 0 radical (unpaired) electrons. The summed E-state index contributed by atoms with van der Waals surface area (Å²) in [7, 11) is 0. The molecular formula is C10H17N3OS2. The highest BCUT2D eigenvalue weighted by Crippen LogP contribution is 2.29. The number of hydrogen-bond acceptors (Lipinski definition) is 6. The number of aromatic nitrogens is 2. The first-order chi connectivity index (χ1) is 7.90. The van der Waals surface area contributed by atoms with Crippen LogP contribution in [0, 0.1) is 0 Å². The summed E-state index contributed by atoms with van der Waals surface area (Å²) in [5.74, 6) is 0. The van der Waals surface area contributed by atoms with Crippen molar-refractivity contribution in [1.29, 1.82) is 0 Å². The lowest BCUT2D eigenvalue weighted by atomic mass is 10.1. The van der Waals surface area contributed by atoms with Crippen molar-refractivity contribution >= 4 is 23.1 Å². The SMILES string of the molecule is CCCNC1CCOCC1Sc1nncs1. The maximum atomic E-state index is 5.54. The van der Waals surface area contributed by atoms with E-state index in [9.17, 15) is 0 Å². The zero-order valence-corrected chi connectivity index (χ0v) is 11.0. The average molecular weight is 259 g/mol. The first kappa shape index (κ1) is 12.3. The van der Waals surface area contributed by atoms with Crippen molar-refractivity contribution < 1.29 is 4.74 Å². The maximum absolute atomic E-state index is 5.54. The molecule has 2 heterocycles. The van der Waals surface area contributed by atoms with E-state index in [-0.39, 0.29) is 0 Å². The van der Waals surface area contributed by atoms with Crippen molar-refractivity contribution in [1.82, 2.24) is 15.5 Å². The van der Waals surface area contributed by atoms with E-state index in [1.165, 1.54) is 6.42 Å². The van der Waals surface area contributed by atoms with E-state index in [1.807, 2.05) is 0 Å². The van der Waals surface area contributed by atoms with Crippen LogP contribution in [-0.2, 0) is 4.74 Å². The molecule has 16 heavy (non-hydrogen) atoms. The van der Waals surface area contributed by atoms with Gasteiger partial charge in [0.2, 0.25) is 0 Å². The van der Waals surface area contributed by atoms with Gasteiger partial charge in [0, 0.05) is 12.6 Å². The molecule has 6 heteroatoms. The molecule has 1 N–H and O–H groups in total. The number of nitrogens with zero attached hydrogens (tertiary/aromatic N) is 2. The van der Waals surface area contributed by atoms with Gasteiger partial charge in [-0.2, -0.15) is 0 Å². The molecule has 2 rings (SSSR count). The second-order valence-electron chi connectivity index (χ2n) is 3.79. The van der Waals surface area contributed by atoms with Crippen LogP contribution < -0.4 is 5.32 Å². The molecule has 0 aromatic carbocycles. The Balaban J connectivity index is 1.88. The van der Waals surface area contributed by atoms with E-state index in [1.54, 1.807) is 28.6 Å². The lowest BCUT2D eigenvalue weighted by molar-refractivity contribution is 0.0833. The van der Waals surface area contributed by atoms with Gasteiger partial charge in [0.1, 0.15) is 5.51 Å². The minimum Gasteiger partial charge on any atom is -0.380 e. The van der Waals surface area contributed by atoms with E-state index < -0.39 is 0 Å². The fourth-order valence-corrected chi connectivity index (χ4v) is 3.65. The Morgan fingerprint density at radius 3 is 3.38 bits per heavy atom. The predicted octanol–water partition coefficient (Wildman–Crippen LogP) is 1.79. The molecule has 0 saturated carbocycles. The number of nitrogens with one attached hydrogen (secondary N) is 1. The molecule has 0 spiro atoms. The highest BCUT2D eigenvalue weighted by Gasteiger charge is 2.26. The average Bonchev–Trinajstić information content (AvgIpc) is 2.81. The Hall–Kier alpha value is -0.170. The van der Waals surface area contributed by atoms with Crippen LogP contribution in [0.1, 0.15) is 19.8 Å². The van der Waals surface area contributed by atoms with Crippen molar-refractivity contribution in [3.8, 4) is 0 Å². The largest absolute Gasteiger partial charge is 0.380 e. The third-order valence-electron chi connectivity index (χ3n) is 2.55. The fourth-order valence-electron chi connectivity index (χ4n) is 1.74. The molecule has 2 unspecified atom stereocenters. The van der Waals surface area contributed by atoms with Crippen LogP contribution in [0.15, 0.2) is 9.85 Å². The third-order valence-corrected chi connectivity index (χ3v) is 4.66. The molecule has 1 aliphatic rings. The second-order valence-corrected chi connectivity index (χ2v) is 6.10. The Morgan fingerprint density at radius 1 is 1.69 bits per heavy atom. The predicted molar refractivity (Wildman–Crippen MR) is 67.1 cm³/mol. The molecule has 1 fully saturated rings. The van der Waals surface area contributed by atoms with E-state index >= 15 is 0 Å². The van der Waals surface area contributed by atoms with E-state index in [0.717, 1.165) is 30.5 Å². The quantitative estimate of drug-likeness (QED) is 0.873. The van der Waals surface area contributed by atoms with Gasteiger partial charge in [-0.25, -0.2) is 0 Å². The molecule has 0 amide bonds. The van der Waals surface area contributed by atoms with Crippen LogP contribution in [0.4, 0.5) is 0 Å². The molecule has 1 aliphatic heterocycles. The van der Waals surface area contributed by atoms with E-state index in [0.29, 0.717) is 11.3 Å². The van der Waals surface area contributed by atoms with Gasteiger partial charge in [0.25, 0.3) is 0 Å². The third kappa shape index (κ3) is 3.41. The monoisotopic (exact) mass is 259 g/mol. The van der Waals surface area contributed by atoms with Gasteiger partial charge >= 0.3 is 0 Å². The van der Waals surface area contributed by atoms with Gasteiger partial charge in [-0.15, -0.1) is 10.2 Å². The lowest BCUT2D eigenvalue weighted by Gasteiger charge is -2.31. The second kappa shape index (κ2) is 6.54. The fraction of sp³-hybridized carbons (Fsp3) is 0.800. The molecule has 4 nitrogen and oxygen atoms in total. The van der Waals surface area contributed by atoms with Gasteiger partial charge in [-0.1, -0.05) is 30.0 Å².